The van der Waals surface area contributed by atoms with Crippen LogP contribution in [0.1, 0.15) is 0 Å². The lowest BCUT2D eigenvalue weighted by molar-refractivity contribution is -0.0450. The number of sulfonamides is 1. The Bertz CT molecular complexity index is 664. The molecule has 0 amide bonds. The number of nitrogens with one attached hydrogen (secondary N) is 1. The zero-order valence-corrected chi connectivity index (χ0v) is 9.53. The second-order valence-electron chi connectivity index (χ2n) is 3.33. The molecule has 18 heavy (non-hydrogen) atoms. The fourth-order valence-corrected chi connectivity index (χ4v) is 1.72. The number of benzene rings is 1. The van der Waals surface area contributed by atoms with Crippen LogP contribution in [0.15, 0.2) is 24.3 Å². The Hall–Kier alpha value is -1.68. The first-order valence-corrected chi connectivity index (χ1v) is 6.14. The van der Waals surface area contributed by atoms with Crippen molar-refractivity contribution in [2.75, 3.05) is 0 Å². The molecular weight excluding hydrogens is 273 g/mol. The second-order valence-corrected chi connectivity index (χ2v) is 5.09. The highest BCUT2D eigenvalue weighted by atomic mass is 32.2. The monoisotopic (exact) mass is 280 g/mol. The normalized spacial score (nSPS) is 13.1. The highest BCUT2D eigenvalue weighted by molar-refractivity contribution is 7.90. The maximum absolute atomic E-state index is 12.1. The van der Waals surface area contributed by atoms with Crippen molar-refractivity contribution in [2.45, 2.75) is 12.2 Å². The zero-order valence-electron chi connectivity index (χ0n) is 8.72. The first kappa shape index (κ1) is 12.8. The lowest BCUT2D eigenvalue weighted by Gasteiger charge is -2.09. The molecule has 0 fully saturated rings. The number of hydrogen-bond donors (Lipinski definition) is 1. The van der Waals surface area contributed by atoms with Gasteiger partial charge in [0.05, 0.1) is 5.52 Å². The third-order valence-corrected chi connectivity index (χ3v) is 3.25. The van der Waals surface area contributed by atoms with Crippen LogP contribution in [0.5, 0.6) is 0 Å². The zero-order chi connectivity index (χ0) is 13.4. The van der Waals surface area contributed by atoms with E-state index in [1.165, 1.54) is 4.72 Å². The van der Waals surface area contributed by atoms with Gasteiger partial charge in [-0.3, -0.25) is 0 Å². The molecule has 0 aliphatic carbocycles. The van der Waals surface area contributed by atoms with Gasteiger partial charge in [0.1, 0.15) is 12.2 Å². The van der Waals surface area contributed by atoms with E-state index >= 15 is 0 Å². The Kier molecular flexibility index (Phi) is 2.99. The van der Waals surface area contributed by atoms with Crippen LogP contribution in [0.25, 0.3) is 11.0 Å². The molecule has 6 nitrogen and oxygen atoms in total. The van der Waals surface area contributed by atoms with E-state index in [0.29, 0.717) is 11.0 Å². The van der Waals surface area contributed by atoms with E-state index in [9.17, 15) is 21.6 Å². The van der Waals surface area contributed by atoms with Crippen LogP contribution < -0.4 is 4.72 Å². The summed E-state index contributed by atoms with van der Waals surface area (Å²) in [7, 11) is -5.38. The van der Waals surface area contributed by atoms with Gasteiger partial charge in [0, 0.05) is 0 Å². The number of rotatable bonds is 3. The standard InChI is InChI=1S/C8H7F3N4O2S/c9-8(10,11)18(16,17)12-5-15-7-4-2-1-3-6(7)13-14-15/h1-4,12H,5H2. The van der Waals surface area contributed by atoms with E-state index in [1.807, 2.05) is 0 Å². The Morgan fingerprint density at radius 1 is 1.28 bits per heavy atom. The first-order valence-electron chi connectivity index (χ1n) is 4.65. The number of halogens is 3. The molecule has 0 spiro atoms. The number of nitrogens with zero attached hydrogens (tertiary/aromatic N) is 3. The van der Waals surface area contributed by atoms with Gasteiger partial charge in [-0.1, -0.05) is 17.3 Å². The molecule has 0 atom stereocenters. The molecule has 0 bridgehead atoms. The van der Waals surface area contributed by atoms with E-state index in [4.69, 9.17) is 0 Å². The summed E-state index contributed by atoms with van der Waals surface area (Å²) in [5.41, 5.74) is -4.45. The van der Waals surface area contributed by atoms with Gasteiger partial charge in [0.25, 0.3) is 0 Å². The summed E-state index contributed by atoms with van der Waals surface area (Å²) in [4.78, 5) is 0. The molecule has 0 radical (unpaired) electrons. The highest BCUT2D eigenvalue weighted by Gasteiger charge is 2.45. The minimum absolute atomic E-state index is 0.433. The molecule has 1 heterocycles. The minimum Gasteiger partial charge on any atom is -0.230 e. The molecule has 2 rings (SSSR count). The molecule has 1 N–H and O–H groups in total. The van der Waals surface area contributed by atoms with E-state index in [-0.39, 0.29) is 0 Å². The molecule has 0 unspecified atom stereocenters. The minimum atomic E-state index is -5.38. The van der Waals surface area contributed by atoms with Gasteiger partial charge in [-0.2, -0.15) is 17.9 Å². The van der Waals surface area contributed by atoms with Gasteiger partial charge in [0.2, 0.25) is 0 Å². The lowest BCUT2D eigenvalue weighted by atomic mass is 10.3. The topological polar surface area (TPSA) is 76.9 Å². The number of hydrogen-bond acceptors (Lipinski definition) is 4. The van der Waals surface area contributed by atoms with Gasteiger partial charge in [-0.25, -0.2) is 13.1 Å². The average molecular weight is 280 g/mol. The van der Waals surface area contributed by atoms with Crippen LogP contribution in [-0.4, -0.2) is 28.9 Å². The summed E-state index contributed by atoms with van der Waals surface area (Å²) in [5, 5.41) is 7.23. The number of fused-ring (bicyclic) bond motifs is 1. The summed E-state index contributed by atoms with van der Waals surface area (Å²) in [6.45, 7) is -0.637. The Labute approximate surface area is 99.4 Å². The van der Waals surface area contributed by atoms with Gasteiger partial charge in [-0.05, 0) is 12.1 Å². The fraction of sp³-hybridized carbons (Fsp3) is 0.250. The van der Waals surface area contributed by atoms with E-state index in [2.05, 4.69) is 10.3 Å². The lowest BCUT2D eigenvalue weighted by Crippen LogP contribution is -2.37. The predicted octanol–water partition coefficient (Wildman–Crippen LogP) is 0.828. The van der Waals surface area contributed by atoms with Crippen LogP contribution >= 0.6 is 0 Å². The molecule has 10 heteroatoms. The van der Waals surface area contributed by atoms with Crippen molar-refractivity contribution in [2.24, 2.45) is 0 Å². The summed E-state index contributed by atoms with van der Waals surface area (Å²) in [6, 6.07) is 6.50. The third-order valence-electron chi connectivity index (χ3n) is 2.13. The largest absolute Gasteiger partial charge is 0.511 e. The highest BCUT2D eigenvalue weighted by Crippen LogP contribution is 2.21. The van der Waals surface area contributed by atoms with E-state index in [0.717, 1.165) is 4.68 Å². The molecule has 0 aliphatic rings. The van der Waals surface area contributed by atoms with Crippen LogP contribution in [0.2, 0.25) is 0 Å². The second kappa shape index (κ2) is 4.21. The Balaban J connectivity index is 2.22. The third kappa shape index (κ3) is 2.29. The summed E-state index contributed by atoms with van der Waals surface area (Å²) in [5.74, 6) is 0. The van der Waals surface area contributed by atoms with Crippen LogP contribution in [-0.2, 0) is 16.7 Å². The Morgan fingerprint density at radius 3 is 2.61 bits per heavy atom. The van der Waals surface area contributed by atoms with Crippen molar-refractivity contribution in [3.05, 3.63) is 24.3 Å². The SMILES string of the molecule is O=S(=O)(NCn1nnc2ccccc21)C(F)(F)F. The molecular formula is C8H7F3N4O2S. The maximum Gasteiger partial charge on any atom is 0.511 e. The molecule has 1 aromatic carbocycles. The van der Waals surface area contributed by atoms with Crippen molar-refractivity contribution in [3.63, 3.8) is 0 Å². The van der Waals surface area contributed by atoms with E-state index < -0.39 is 22.2 Å². The van der Waals surface area contributed by atoms with Gasteiger partial charge in [-0.15, -0.1) is 5.10 Å². The van der Waals surface area contributed by atoms with Gasteiger partial charge in [0.15, 0.2) is 0 Å². The van der Waals surface area contributed by atoms with Crippen molar-refractivity contribution < 1.29 is 21.6 Å². The molecule has 98 valence electrons. The van der Waals surface area contributed by atoms with E-state index in [1.54, 1.807) is 24.3 Å². The number of para-hydroxylation sites is 1. The number of aromatic nitrogens is 3. The molecule has 0 saturated heterocycles. The Morgan fingerprint density at radius 2 is 1.94 bits per heavy atom. The smallest absolute Gasteiger partial charge is 0.230 e. The first-order chi connectivity index (χ1) is 8.31. The summed E-state index contributed by atoms with van der Waals surface area (Å²) >= 11 is 0. The maximum atomic E-state index is 12.1. The van der Waals surface area contributed by atoms with Crippen molar-refractivity contribution >= 4 is 21.1 Å². The molecule has 2 aromatic rings. The van der Waals surface area contributed by atoms with Crippen LogP contribution in [0.4, 0.5) is 13.2 Å². The van der Waals surface area contributed by atoms with Gasteiger partial charge < -0.3 is 0 Å². The summed E-state index contributed by atoms with van der Waals surface area (Å²) < 4.78 is 60.2. The van der Waals surface area contributed by atoms with Gasteiger partial charge >= 0.3 is 15.5 Å². The molecule has 0 saturated carbocycles. The van der Waals surface area contributed by atoms with Crippen LogP contribution in [0, 0.1) is 0 Å². The van der Waals surface area contributed by atoms with Crippen molar-refractivity contribution in [3.8, 4) is 0 Å². The van der Waals surface area contributed by atoms with Crippen LogP contribution in [0.3, 0.4) is 0 Å². The molecule has 1 aromatic heterocycles. The average Bonchev–Trinajstić information content (AvgIpc) is 2.68. The number of alkyl halides is 3. The predicted molar refractivity (Wildman–Crippen MR) is 55.6 cm³/mol. The van der Waals surface area contributed by atoms with Crippen molar-refractivity contribution in [1.29, 1.82) is 0 Å². The summed E-state index contributed by atoms with van der Waals surface area (Å²) in [6.07, 6.45) is 0. The van der Waals surface area contributed by atoms with Crippen molar-refractivity contribution in [1.82, 2.24) is 19.7 Å². The molecule has 0 aliphatic heterocycles. The quantitative estimate of drug-likeness (QED) is 0.903. The fourth-order valence-electron chi connectivity index (χ4n) is 1.26.